The lowest BCUT2D eigenvalue weighted by atomic mass is 9.95. The Bertz CT molecular complexity index is 259. The topological polar surface area (TPSA) is 59.0 Å². The standard InChI is InChI=1S/C12H23NO4/c1-10-9-13(6-4-7-17-10)12(2,11(14)15)5-8-16-3/h10H,4-9H2,1-3H3,(H,14,15). The molecule has 1 aliphatic heterocycles. The molecule has 1 saturated heterocycles. The van der Waals surface area contributed by atoms with E-state index in [0.717, 1.165) is 13.0 Å². The van der Waals surface area contributed by atoms with E-state index in [1.807, 2.05) is 11.8 Å². The van der Waals surface area contributed by atoms with E-state index in [1.165, 1.54) is 0 Å². The first-order valence-electron chi connectivity index (χ1n) is 6.09. The Hall–Kier alpha value is -0.650. The first-order valence-corrected chi connectivity index (χ1v) is 6.09. The van der Waals surface area contributed by atoms with Crippen LogP contribution in [0.15, 0.2) is 0 Å². The molecule has 1 aliphatic rings. The SMILES string of the molecule is COCCC(C)(C(=O)O)N1CCCOC(C)C1. The zero-order chi connectivity index (χ0) is 12.9. The smallest absolute Gasteiger partial charge is 0.323 e. The van der Waals surface area contributed by atoms with E-state index in [4.69, 9.17) is 9.47 Å². The number of carboxylic acids is 1. The lowest BCUT2D eigenvalue weighted by Gasteiger charge is -2.37. The van der Waals surface area contributed by atoms with Crippen LogP contribution in [0.5, 0.6) is 0 Å². The molecule has 2 unspecified atom stereocenters. The highest BCUT2D eigenvalue weighted by Gasteiger charge is 2.40. The van der Waals surface area contributed by atoms with Gasteiger partial charge >= 0.3 is 5.97 Å². The van der Waals surface area contributed by atoms with Gasteiger partial charge in [-0.05, 0) is 26.7 Å². The van der Waals surface area contributed by atoms with Gasteiger partial charge in [-0.15, -0.1) is 0 Å². The molecule has 5 heteroatoms. The van der Waals surface area contributed by atoms with Crippen molar-refractivity contribution < 1.29 is 19.4 Å². The zero-order valence-corrected chi connectivity index (χ0v) is 10.9. The largest absolute Gasteiger partial charge is 0.480 e. The molecule has 0 aromatic carbocycles. The molecule has 0 spiro atoms. The Labute approximate surface area is 103 Å². The van der Waals surface area contributed by atoms with Crippen molar-refractivity contribution in [1.82, 2.24) is 4.90 Å². The molecule has 0 saturated carbocycles. The van der Waals surface area contributed by atoms with Crippen LogP contribution < -0.4 is 0 Å². The van der Waals surface area contributed by atoms with E-state index in [-0.39, 0.29) is 6.10 Å². The minimum absolute atomic E-state index is 0.0821. The highest BCUT2D eigenvalue weighted by molar-refractivity contribution is 5.78. The van der Waals surface area contributed by atoms with Gasteiger partial charge in [0.05, 0.1) is 6.10 Å². The van der Waals surface area contributed by atoms with Gasteiger partial charge in [-0.3, -0.25) is 9.69 Å². The highest BCUT2D eigenvalue weighted by Crippen LogP contribution is 2.23. The van der Waals surface area contributed by atoms with E-state index in [0.29, 0.717) is 26.2 Å². The third-order valence-electron chi connectivity index (χ3n) is 3.40. The predicted octanol–water partition coefficient (Wildman–Crippen LogP) is 0.977. The molecule has 0 bridgehead atoms. The van der Waals surface area contributed by atoms with Crippen molar-refractivity contribution in [1.29, 1.82) is 0 Å². The number of hydrogen-bond acceptors (Lipinski definition) is 4. The summed E-state index contributed by atoms with van der Waals surface area (Å²) in [5.74, 6) is -0.788. The average molecular weight is 245 g/mol. The van der Waals surface area contributed by atoms with Crippen molar-refractivity contribution in [3.8, 4) is 0 Å². The lowest BCUT2D eigenvalue weighted by Crippen LogP contribution is -2.54. The molecule has 0 aromatic heterocycles. The van der Waals surface area contributed by atoms with Crippen LogP contribution in [0, 0.1) is 0 Å². The molecule has 2 atom stereocenters. The molecule has 0 radical (unpaired) electrons. The maximum atomic E-state index is 11.5. The summed E-state index contributed by atoms with van der Waals surface area (Å²) in [6.07, 6.45) is 1.45. The summed E-state index contributed by atoms with van der Waals surface area (Å²) in [4.78, 5) is 13.5. The number of hydrogen-bond donors (Lipinski definition) is 1. The van der Waals surface area contributed by atoms with Gasteiger partial charge < -0.3 is 14.6 Å². The van der Waals surface area contributed by atoms with Crippen LogP contribution in [0.2, 0.25) is 0 Å². The van der Waals surface area contributed by atoms with Gasteiger partial charge in [0.25, 0.3) is 0 Å². The van der Waals surface area contributed by atoms with Gasteiger partial charge in [0, 0.05) is 33.4 Å². The molecule has 1 heterocycles. The van der Waals surface area contributed by atoms with Crippen LogP contribution in [0.1, 0.15) is 26.7 Å². The third kappa shape index (κ3) is 3.66. The van der Waals surface area contributed by atoms with Gasteiger partial charge in [0.2, 0.25) is 0 Å². The fourth-order valence-corrected chi connectivity index (χ4v) is 2.14. The lowest BCUT2D eigenvalue weighted by molar-refractivity contribution is -0.152. The molecule has 0 aromatic rings. The van der Waals surface area contributed by atoms with Gasteiger partial charge in [-0.2, -0.15) is 0 Å². The van der Waals surface area contributed by atoms with Crippen LogP contribution in [0.25, 0.3) is 0 Å². The summed E-state index contributed by atoms with van der Waals surface area (Å²) in [5, 5.41) is 9.45. The van der Waals surface area contributed by atoms with E-state index in [1.54, 1.807) is 14.0 Å². The number of ether oxygens (including phenoxy) is 2. The van der Waals surface area contributed by atoms with Crippen molar-refractivity contribution in [2.75, 3.05) is 33.4 Å². The molecular formula is C12H23NO4. The Morgan fingerprint density at radius 2 is 2.35 bits per heavy atom. The van der Waals surface area contributed by atoms with E-state index in [2.05, 4.69) is 0 Å². The van der Waals surface area contributed by atoms with E-state index >= 15 is 0 Å². The summed E-state index contributed by atoms with van der Waals surface area (Å²) in [6.45, 7) is 6.33. The summed E-state index contributed by atoms with van der Waals surface area (Å²) < 4.78 is 10.6. The van der Waals surface area contributed by atoms with Crippen LogP contribution >= 0.6 is 0 Å². The Kier molecular flexibility index (Phi) is 5.36. The number of methoxy groups -OCH3 is 1. The second-order valence-corrected chi connectivity index (χ2v) is 4.80. The molecule has 0 aliphatic carbocycles. The normalized spacial score (nSPS) is 26.2. The second kappa shape index (κ2) is 6.33. The first kappa shape index (κ1) is 14.4. The Balaban J connectivity index is 2.76. The summed E-state index contributed by atoms with van der Waals surface area (Å²) in [7, 11) is 1.59. The zero-order valence-electron chi connectivity index (χ0n) is 10.9. The second-order valence-electron chi connectivity index (χ2n) is 4.80. The van der Waals surface area contributed by atoms with Crippen LogP contribution in [-0.2, 0) is 14.3 Å². The summed E-state index contributed by atoms with van der Waals surface area (Å²) in [5.41, 5.74) is -0.863. The number of carbonyl (C=O) groups is 1. The predicted molar refractivity (Wildman–Crippen MR) is 64.1 cm³/mol. The fraction of sp³-hybridized carbons (Fsp3) is 0.917. The van der Waals surface area contributed by atoms with Gasteiger partial charge in [0.15, 0.2) is 0 Å². The number of rotatable bonds is 5. The third-order valence-corrected chi connectivity index (χ3v) is 3.40. The summed E-state index contributed by atoms with van der Waals surface area (Å²) >= 11 is 0. The number of carboxylic acid groups (broad SMARTS) is 1. The maximum absolute atomic E-state index is 11.5. The molecular weight excluding hydrogens is 222 g/mol. The molecule has 100 valence electrons. The van der Waals surface area contributed by atoms with Crippen molar-refractivity contribution >= 4 is 5.97 Å². The molecule has 1 N–H and O–H groups in total. The molecule has 17 heavy (non-hydrogen) atoms. The highest BCUT2D eigenvalue weighted by atomic mass is 16.5. The van der Waals surface area contributed by atoms with Gasteiger partial charge in [-0.25, -0.2) is 0 Å². The molecule has 0 amide bonds. The van der Waals surface area contributed by atoms with Crippen LogP contribution in [0.4, 0.5) is 0 Å². The van der Waals surface area contributed by atoms with Gasteiger partial charge in [0.1, 0.15) is 5.54 Å². The minimum Gasteiger partial charge on any atom is -0.480 e. The van der Waals surface area contributed by atoms with Gasteiger partial charge in [-0.1, -0.05) is 0 Å². The molecule has 1 fully saturated rings. The quantitative estimate of drug-likeness (QED) is 0.782. The van der Waals surface area contributed by atoms with Crippen molar-refractivity contribution in [2.45, 2.75) is 38.3 Å². The first-order chi connectivity index (χ1) is 8.00. The molecule has 1 rings (SSSR count). The van der Waals surface area contributed by atoms with E-state index < -0.39 is 11.5 Å². The average Bonchev–Trinajstić information content (AvgIpc) is 2.50. The monoisotopic (exact) mass is 245 g/mol. The van der Waals surface area contributed by atoms with Crippen molar-refractivity contribution in [3.63, 3.8) is 0 Å². The minimum atomic E-state index is -0.863. The number of nitrogens with zero attached hydrogens (tertiary/aromatic N) is 1. The summed E-state index contributed by atoms with van der Waals surface area (Å²) in [6, 6.07) is 0. The Morgan fingerprint density at radius 3 is 2.94 bits per heavy atom. The fourth-order valence-electron chi connectivity index (χ4n) is 2.14. The van der Waals surface area contributed by atoms with E-state index in [9.17, 15) is 9.90 Å². The Morgan fingerprint density at radius 1 is 1.65 bits per heavy atom. The van der Waals surface area contributed by atoms with Crippen molar-refractivity contribution in [2.24, 2.45) is 0 Å². The van der Waals surface area contributed by atoms with Crippen LogP contribution in [0.3, 0.4) is 0 Å². The maximum Gasteiger partial charge on any atom is 0.323 e. The van der Waals surface area contributed by atoms with Crippen molar-refractivity contribution in [3.05, 3.63) is 0 Å². The van der Waals surface area contributed by atoms with Crippen LogP contribution in [-0.4, -0.2) is 61.0 Å². The number of aliphatic carboxylic acids is 1. The molecule has 5 nitrogen and oxygen atoms in total.